The molecule has 0 fully saturated rings. The van der Waals surface area contributed by atoms with Gasteiger partial charge in [-0.2, -0.15) is 0 Å². The van der Waals surface area contributed by atoms with Gasteiger partial charge in [0.15, 0.2) is 0 Å². The zero-order valence-electron chi connectivity index (χ0n) is 11.2. The van der Waals surface area contributed by atoms with Crippen LogP contribution in [0.4, 0.5) is 0 Å². The SMILES string of the molecule is CC(CCNC=O)c1ccccc1-c1ccccc1. The quantitative estimate of drug-likeness (QED) is 0.618. The van der Waals surface area contributed by atoms with Gasteiger partial charge in [-0.25, -0.2) is 0 Å². The lowest BCUT2D eigenvalue weighted by Gasteiger charge is -2.16. The van der Waals surface area contributed by atoms with E-state index in [1.807, 2.05) is 6.07 Å². The summed E-state index contributed by atoms with van der Waals surface area (Å²) in [7, 11) is 0. The van der Waals surface area contributed by atoms with Crippen molar-refractivity contribution in [1.82, 2.24) is 5.32 Å². The van der Waals surface area contributed by atoms with Crippen molar-refractivity contribution in [2.75, 3.05) is 6.54 Å². The van der Waals surface area contributed by atoms with Gasteiger partial charge in [0.05, 0.1) is 0 Å². The smallest absolute Gasteiger partial charge is 0.207 e. The molecule has 0 aliphatic heterocycles. The number of hydrogen-bond donors (Lipinski definition) is 1. The molecule has 0 saturated carbocycles. The summed E-state index contributed by atoms with van der Waals surface area (Å²) in [5, 5.41) is 2.73. The van der Waals surface area contributed by atoms with Crippen LogP contribution < -0.4 is 5.32 Å². The first kappa shape index (κ1) is 13.3. The highest BCUT2D eigenvalue weighted by atomic mass is 16.1. The van der Waals surface area contributed by atoms with Crippen molar-refractivity contribution in [3.05, 3.63) is 60.2 Å². The Bertz CT molecular complexity index is 522. The fourth-order valence-electron chi connectivity index (χ4n) is 2.32. The van der Waals surface area contributed by atoms with Crippen molar-refractivity contribution in [1.29, 1.82) is 0 Å². The molecule has 0 saturated heterocycles. The summed E-state index contributed by atoms with van der Waals surface area (Å²) >= 11 is 0. The molecule has 2 rings (SSSR count). The number of benzene rings is 2. The number of amides is 1. The molecule has 98 valence electrons. The maximum atomic E-state index is 10.3. The molecule has 2 heteroatoms. The Morgan fingerprint density at radius 1 is 1.05 bits per heavy atom. The monoisotopic (exact) mass is 253 g/mol. The number of nitrogens with one attached hydrogen (secondary N) is 1. The van der Waals surface area contributed by atoms with Crippen molar-refractivity contribution < 1.29 is 4.79 Å². The van der Waals surface area contributed by atoms with Crippen LogP contribution in [0.1, 0.15) is 24.8 Å². The van der Waals surface area contributed by atoms with Gasteiger partial charge in [-0.3, -0.25) is 4.79 Å². The molecule has 0 aliphatic carbocycles. The Morgan fingerprint density at radius 3 is 2.47 bits per heavy atom. The van der Waals surface area contributed by atoms with Gasteiger partial charge >= 0.3 is 0 Å². The van der Waals surface area contributed by atoms with Crippen molar-refractivity contribution in [2.24, 2.45) is 0 Å². The molecule has 0 spiro atoms. The highest BCUT2D eigenvalue weighted by molar-refractivity contribution is 5.67. The topological polar surface area (TPSA) is 29.1 Å². The minimum Gasteiger partial charge on any atom is -0.359 e. The molecule has 1 amide bonds. The van der Waals surface area contributed by atoms with E-state index in [0.717, 1.165) is 12.8 Å². The Labute approximate surface area is 114 Å². The molecule has 0 aromatic heterocycles. The van der Waals surface area contributed by atoms with Crippen molar-refractivity contribution in [3.63, 3.8) is 0 Å². The van der Waals surface area contributed by atoms with Crippen LogP contribution >= 0.6 is 0 Å². The average molecular weight is 253 g/mol. The lowest BCUT2D eigenvalue weighted by molar-refractivity contribution is -0.109. The fraction of sp³-hybridized carbons (Fsp3) is 0.235. The first-order chi connectivity index (χ1) is 9.33. The van der Waals surface area contributed by atoms with Gasteiger partial charge in [0.1, 0.15) is 0 Å². The second kappa shape index (κ2) is 6.74. The van der Waals surface area contributed by atoms with Crippen molar-refractivity contribution >= 4 is 6.41 Å². The van der Waals surface area contributed by atoms with Gasteiger partial charge < -0.3 is 5.32 Å². The summed E-state index contributed by atoms with van der Waals surface area (Å²) in [4.78, 5) is 10.3. The summed E-state index contributed by atoms with van der Waals surface area (Å²) in [6.45, 7) is 2.92. The molecule has 1 N–H and O–H groups in total. The van der Waals surface area contributed by atoms with E-state index in [4.69, 9.17) is 0 Å². The molecule has 1 atom stereocenters. The minimum atomic E-state index is 0.420. The lowest BCUT2D eigenvalue weighted by Crippen LogP contribution is -2.14. The number of rotatable bonds is 6. The molecule has 2 aromatic carbocycles. The van der Waals surface area contributed by atoms with Crippen LogP contribution in [0.2, 0.25) is 0 Å². The van der Waals surface area contributed by atoms with Crippen LogP contribution in [0.25, 0.3) is 11.1 Å². The zero-order valence-corrected chi connectivity index (χ0v) is 11.2. The van der Waals surface area contributed by atoms with Crippen LogP contribution in [0.3, 0.4) is 0 Å². The van der Waals surface area contributed by atoms with Gasteiger partial charge in [-0.05, 0) is 29.0 Å². The van der Waals surface area contributed by atoms with Crippen molar-refractivity contribution in [3.8, 4) is 11.1 Å². The van der Waals surface area contributed by atoms with Gasteiger partial charge in [0, 0.05) is 6.54 Å². The van der Waals surface area contributed by atoms with Crippen LogP contribution in [0.15, 0.2) is 54.6 Å². The largest absolute Gasteiger partial charge is 0.359 e. The second-order valence-corrected chi connectivity index (χ2v) is 4.71. The van der Waals surface area contributed by atoms with Crippen LogP contribution in [-0.4, -0.2) is 13.0 Å². The third-order valence-electron chi connectivity index (χ3n) is 3.38. The molecule has 0 heterocycles. The van der Waals surface area contributed by atoms with Gasteiger partial charge in [-0.15, -0.1) is 0 Å². The Hall–Kier alpha value is -2.09. The molecule has 1 unspecified atom stereocenters. The summed E-state index contributed by atoms with van der Waals surface area (Å²) in [6, 6.07) is 18.9. The molecule has 0 aliphatic rings. The van der Waals surface area contributed by atoms with Crippen LogP contribution in [-0.2, 0) is 4.79 Å². The number of carbonyl (C=O) groups is 1. The fourth-order valence-corrected chi connectivity index (χ4v) is 2.32. The van der Waals surface area contributed by atoms with E-state index in [-0.39, 0.29) is 0 Å². The van der Waals surface area contributed by atoms with E-state index in [1.54, 1.807) is 0 Å². The molecular weight excluding hydrogens is 234 g/mol. The lowest BCUT2D eigenvalue weighted by atomic mass is 9.90. The molecular formula is C17H19NO. The molecule has 0 radical (unpaired) electrons. The van der Waals surface area contributed by atoms with Crippen molar-refractivity contribution in [2.45, 2.75) is 19.3 Å². The molecule has 19 heavy (non-hydrogen) atoms. The predicted octanol–water partition coefficient (Wildman–Crippen LogP) is 3.59. The summed E-state index contributed by atoms with van der Waals surface area (Å²) in [6.07, 6.45) is 1.71. The minimum absolute atomic E-state index is 0.420. The summed E-state index contributed by atoms with van der Waals surface area (Å²) < 4.78 is 0. The first-order valence-corrected chi connectivity index (χ1v) is 6.64. The number of hydrogen-bond acceptors (Lipinski definition) is 1. The maximum Gasteiger partial charge on any atom is 0.207 e. The van der Waals surface area contributed by atoms with E-state index in [0.29, 0.717) is 12.5 Å². The Balaban J connectivity index is 2.23. The normalized spacial score (nSPS) is 11.8. The Morgan fingerprint density at radius 2 is 1.74 bits per heavy atom. The number of carbonyl (C=O) groups excluding carboxylic acids is 1. The predicted molar refractivity (Wildman–Crippen MR) is 79.0 cm³/mol. The standard InChI is InChI=1S/C17H19NO/c1-14(11-12-18-13-19)16-9-5-6-10-17(16)15-7-3-2-4-8-15/h2-10,13-14H,11-12H2,1H3,(H,18,19). The van der Waals surface area contributed by atoms with E-state index in [1.165, 1.54) is 16.7 Å². The highest BCUT2D eigenvalue weighted by Crippen LogP contribution is 2.30. The van der Waals surface area contributed by atoms with Gasteiger partial charge in [-0.1, -0.05) is 61.5 Å². The van der Waals surface area contributed by atoms with Crippen LogP contribution in [0, 0.1) is 0 Å². The third kappa shape index (κ3) is 3.44. The zero-order chi connectivity index (χ0) is 13.5. The van der Waals surface area contributed by atoms with E-state index < -0.39 is 0 Å². The molecule has 0 bridgehead atoms. The van der Waals surface area contributed by atoms with E-state index >= 15 is 0 Å². The second-order valence-electron chi connectivity index (χ2n) is 4.71. The maximum absolute atomic E-state index is 10.3. The first-order valence-electron chi connectivity index (χ1n) is 6.64. The van der Waals surface area contributed by atoms with E-state index in [9.17, 15) is 4.79 Å². The third-order valence-corrected chi connectivity index (χ3v) is 3.38. The van der Waals surface area contributed by atoms with E-state index in [2.05, 4.69) is 60.8 Å². The average Bonchev–Trinajstić information content (AvgIpc) is 2.48. The van der Waals surface area contributed by atoms with Gasteiger partial charge in [0.25, 0.3) is 0 Å². The van der Waals surface area contributed by atoms with Gasteiger partial charge in [0.2, 0.25) is 6.41 Å². The van der Waals surface area contributed by atoms with Crippen LogP contribution in [0.5, 0.6) is 0 Å². The Kier molecular flexibility index (Phi) is 4.73. The molecule has 2 nitrogen and oxygen atoms in total. The summed E-state index contributed by atoms with van der Waals surface area (Å²) in [5.74, 6) is 0.420. The molecule has 2 aromatic rings. The summed E-state index contributed by atoms with van der Waals surface area (Å²) in [5.41, 5.74) is 3.86. The highest BCUT2D eigenvalue weighted by Gasteiger charge is 2.10.